The summed E-state index contributed by atoms with van der Waals surface area (Å²) in [4.78, 5) is 7.02. The Hall–Kier alpha value is -2.80. The lowest BCUT2D eigenvalue weighted by molar-refractivity contribution is 0.409. The molecule has 3 heterocycles. The van der Waals surface area contributed by atoms with Crippen LogP contribution in [0.2, 0.25) is 0 Å². The first-order chi connectivity index (χ1) is 13.6. The van der Waals surface area contributed by atoms with Gasteiger partial charge < -0.3 is 25.4 Å². The van der Waals surface area contributed by atoms with E-state index in [1.54, 1.807) is 26.4 Å². The molecule has 4 rings (SSSR count). The second-order valence-corrected chi connectivity index (χ2v) is 7.17. The van der Waals surface area contributed by atoms with Crippen molar-refractivity contribution in [1.82, 2.24) is 10.3 Å². The molecule has 0 radical (unpaired) electrons. The van der Waals surface area contributed by atoms with Crippen LogP contribution in [-0.2, 0) is 0 Å². The summed E-state index contributed by atoms with van der Waals surface area (Å²) in [6.45, 7) is 1.63. The van der Waals surface area contributed by atoms with Crippen molar-refractivity contribution in [2.45, 2.75) is 24.9 Å². The first-order valence-corrected chi connectivity index (χ1v) is 9.44. The molecule has 0 amide bonds. The normalized spacial score (nSPS) is 21.4. The smallest absolute Gasteiger partial charge is 0.171 e. The topological polar surface area (TPSA) is 72.6 Å². The van der Waals surface area contributed by atoms with Gasteiger partial charge in [-0.05, 0) is 36.3 Å². The fourth-order valence-corrected chi connectivity index (χ4v) is 3.90. The highest BCUT2D eigenvalue weighted by Gasteiger charge is 2.28. The summed E-state index contributed by atoms with van der Waals surface area (Å²) in [6.07, 6.45) is 3.41. The SMILES string of the molecule is COc1ccc(C2CC(c3c(F)cccc3OC)=CN2)nc1N1CCC(N)C1. The Bertz CT molecular complexity index is 902. The molecule has 0 saturated carbocycles. The zero-order chi connectivity index (χ0) is 19.7. The van der Waals surface area contributed by atoms with Crippen LogP contribution >= 0.6 is 0 Å². The van der Waals surface area contributed by atoms with Crippen molar-refractivity contribution in [1.29, 1.82) is 0 Å². The predicted octanol–water partition coefficient (Wildman–Crippen LogP) is 2.85. The number of hydrogen-bond acceptors (Lipinski definition) is 6. The quantitative estimate of drug-likeness (QED) is 0.826. The average molecular weight is 384 g/mol. The monoisotopic (exact) mass is 384 g/mol. The molecule has 0 aliphatic carbocycles. The minimum absolute atomic E-state index is 0.0414. The lowest BCUT2D eigenvalue weighted by Gasteiger charge is -2.22. The third kappa shape index (κ3) is 3.38. The molecule has 3 N–H and O–H groups in total. The Balaban J connectivity index is 1.59. The second kappa shape index (κ2) is 7.67. The predicted molar refractivity (Wildman–Crippen MR) is 107 cm³/mol. The molecule has 2 aromatic rings. The Morgan fingerprint density at radius 3 is 2.71 bits per heavy atom. The standard InChI is InChI=1S/C21H25FN4O2/c1-27-18-5-3-4-15(22)20(18)13-10-17(24-11-13)16-6-7-19(28-2)21(25-16)26-9-8-14(23)12-26/h3-7,11,14,17,24H,8-10,12,23H2,1-2H3. The highest BCUT2D eigenvalue weighted by molar-refractivity contribution is 5.73. The molecule has 28 heavy (non-hydrogen) atoms. The van der Waals surface area contributed by atoms with Crippen LogP contribution < -0.4 is 25.4 Å². The van der Waals surface area contributed by atoms with Crippen molar-refractivity contribution in [3.63, 3.8) is 0 Å². The van der Waals surface area contributed by atoms with Crippen molar-refractivity contribution in [2.24, 2.45) is 5.73 Å². The van der Waals surface area contributed by atoms with Gasteiger partial charge in [-0.25, -0.2) is 9.37 Å². The number of hydrogen-bond donors (Lipinski definition) is 2. The maximum atomic E-state index is 14.4. The number of nitrogens with one attached hydrogen (secondary N) is 1. The van der Waals surface area contributed by atoms with E-state index in [9.17, 15) is 4.39 Å². The molecular formula is C21H25FN4O2. The molecular weight excluding hydrogens is 359 g/mol. The summed E-state index contributed by atoms with van der Waals surface area (Å²) in [7, 11) is 3.20. The minimum Gasteiger partial charge on any atom is -0.496 e. The van der Waals surface area contributed by atoms with Gasteiger partial charge in [0.15, 0.2) is 11.6 Å². The second-order valence-electron chi connectivity index (χ2n) is 7.17. The number of ether oxygens (including phenoxy) is 2. The first kappa shape index (κ1) is 18.6. The fraction of sp³-hybridized carbons (Fsp3) is 0.381. The van der Waals surface area contributed by atoms with Gasteiger partial charge in [-0.15, -0.1) is 0 Å². The number of nitrogens with two attached hydrogens (primary N) is 1. The van der Waals surface area contributed by atoms with Gasteiger partial charge >= 0.3 is 0 Å². The largest absolute Gasteiger partial charge is 0.496 e. The number of nitrogens with zero attached hydrogens (tertiary/aromatic N) is 2. The number of halogens is 1. The van der Waals surface area contributed by atoms with Crippen LogP contribution in [0.5, 0.6) is 11.5 Å². The van der Waals surface area contributed by atoms with Gasteiger partial charge in [0, 0.05) is 31.8 Å². The van der Waals surface area contributed by atoms with Crippen molar-refractivity contribution < 1.29 is 13.9 Å². The van der Waals surface area contributed by atoms with Crippen molar-refractivity contribution in [3.05, 3.63) is 53.6 Å². The van der Waals surface area contributed by atoms with E-state index in [2.05, 4.69) is 10.2 Å². The van der Waals surface area contributed by atoms with E-state index < -0.39 is 0 Å². The highest BCUT2D eigenvalue weighted by atomic mass is 19.1. The van der Waals surface area contributed by atoms with E-state index in [1.807, 2.05) is 18.3 Å². The molecule has 2 aliphatic rings. The first-order valence-electron chi connectivity index (χ1n) is 9.44. The molecule has 0 bridgehead atoms. The van der Waals surface area contributed by atoms with Crippen molar-refractivity contribution in [3.8, 4) is 11.5 Å². The molecule has 2 aliphatic heterocycles. The Morgan fingerprint density at radius 1 is 1.18 bits per heavy atom. The third-order valence-electron chi connectivity index (χ3n) is 5.36. The number of rotatable bonds is 5. The van der Waals surface area contributed by atoms with Crippen LogP contribution in [0.3, 0.4) is 0 Å². The lowest BCUT2D eigenvalue weighted by atomic mass is 9.99. The summed E-state index contributed by atoms with van der Waals surface area (Å²) in [5.74, 6) is 1.79. The molecule has 1 fully saturated rings. The zero-order valence-electron chi connectivity index (χ0n) is 16.1. The van der Waals surface area contributed by atoms with Crippen molar-refractivity contribution >= 4 is 11.4 Å². The van der Waals surface area contributed by atoms with Crippen LogP contribution in [0.25, 0.3) is 5.57 Å². The van der Waals surface area contributed by atoms with E-state index in [0.717, 1.165) is 42.3 Å². The van der Waals surface area contributed by atoms with Gasteiger partial charge in [0.2, 0.25) is 0 Å². The van der Waals surface area contributed by atoms with Crippen LogP contribution in [0, 0.1) is 5.82 Å². The van der Waals surface area contributed by atoms with Crippen molar-refractivity contribution in [2.75, 3.05) is 32.2 Å². The average Bonchev–Trinajstić information content (AvgIpc) is 3.36. The number of methoxy groups -OCH3 is 2. The summed E-state index contributed by atoms with van der Waals surface area (Å²) >= 11 is 0. The summed E-state index contributed by atoms with van der Waals surface area (Å²) in [5, 5.41) is 3.33. The third-order valence-corrected chi connectivity index (χ3v) is 5.36. The van der Waals surface area contributed by atoms with E-state index in [0.29, 0.717) is 17.7 Å². The summed E-state index contributed by atoms with van der Waals surface area (Å²) < 4.78 is 25.3. The van der Waals surface area contributed by atoms with E-state index in [1.165, 1.54) is 6.07 Å². The molecule has 6 nitrogen and oxygen atoms in total. The molecule has 1 aromatic carbocycles. The van der Waals surface area contributed by atoms with Crippen LogP contribution in [-0.4, -0.2) is 38.3 Å². The van der Waals surface area contributed by atoms with E-state index in [-0.39, 0.29) is 17.9 Å². The van der Waals surface area contributed by atoms with Gasteiger partial charge in [0.1, 0.15) is 11.6 Å². The van der Waals surface area contributed by atoms with E-state index >= 15 is 0 Å². The molecule has 0 spiro atoms. The Kier molecular flexibility index (Phi) is 5.09. The maximum absolute atomic E-state index is 14.4. The van der Waals surface area contributed by atoms with Gasteiger partial charge in [0.05, 0.1) is 31.5 Å². The highest BCUT2D eigenvalue weighted by Crippen LogP contribution is 2.39. The molecule has 1 aromatic heterocycles. The fourth-order valence-electron chi connectivity index (χ4n) is 3.90. The zero-order valence-corrected chi connectivity index (χ0v) is 16.1. The maximum Gasteiger partial charge on any atom is 0.171 e. The Labute approximate surface area is 164 Å². The number of anilines is 1. The van der Waals surface area contributed by atoms with Gasteiger partial charge in [-0.3, -0.25) is 0 Å². The summed E-state index contributed by atoms with van der Waals surface area (Å²) in [5.41, 5.74) is 8.31. The minimum atomic E-state index is -0.289. The number of benzene rings is 1. The lowest BCUT2D eigenvalue weighted by Crippen LogP contribution is -2.27. The molecule has 148 valence electrons. The van der Waals surface area contributed by atoms with E-state index in [4.69, 9.17) is 20.2 Å². The molecule has 1 saturated heterocycles. The molecule has 2 unspecified atom stereocenters. The van der Waals surface area contributed by atoms with Crippen LogP contribution in [0.4, 0.5) is 10.2 Å². The molecule has 7 heteroatoms. The Morgan fingerprint density at radius 2 is 2.00 bits per heavy atom. The molecule has 2 atom stereocenters. The van der Waals surface area contributed by atoms with Gasteiger partial charge in [0.25, 0.3) is 0 Å². The van der Waals surface area contributed by atoms with Crippen LogP contribution in [0.1, 0.15) is 30.1 Å². The number of pyridine rings is 1. The van der Waals surface area contributed by atoms with Gasteiger partial charge in [-0.2, -0.15) is 0 Å². The number of aromatic nitrogens is 1. The summed E-state index contributed by atoms with van der Waals surface area (Å²) in [6, 6.07) is 8.87. The van der Waals surface area contributed by atoms with Crippen LogP contribution in [0.15, 0.2) is 36.5 Å². The van der Waals surface area contributed by atoms with Gasteiger partial charge in [-0.1, -0.05) is 6.07 Å².